The molecule has 0 saturated carbocycles. The van der Waals surface area contributed by atoms with Crippen molar-refractivity contribution in [1.29, 1.82) is 0 Å². The average Bonchev–Trinajstić information content (AvgIpc) is 2.66. The summed E-state index contributed by atoms with van der Waals surface area (Å²) < 4.78 is 10.1. The summed E-state index contributed by atoms with van der Waals surface area (Å²) in [5, 5.41) is 2.83. The Hall–Kier alpha value is -2.57. The fraction of sp³-hybridized carbons (Fsp3) is 0.263. The van der Waals surface area contributed by atoms with Gasteiger partial charge in [0.15, 0.2) is 0 Å². The van der Waals surface area contributed by atoms with Crippen molar-refractivity contribution in [3.05, 3.63) is 59.7 Å². The van der Waals surface area contributed by atoms with Gasteiger partial charge in [-0.25, -0.2) is 0 Å². The number of anilines is 1. The lowest BCUT2D eigenvalue weighted by Gasteiger charge is -2.08. The van der Waals surface area contributed by atoms with Gasteiger partial charge in [-0.15, -0.1) is 12.4 Å². The third-order valence-corrected chi connectivity index (χ3v) is 3.59. The Morgan fingerprint density at radius 2 is 1.69 bits per heavy atom. The number of methoxy groups -OCH3 is 1. The second kappa shape index (κ2) is 11.1. The first-order valence-corrected chi connectivity index (χ1v) is 8.02. The van der Waals surface area contributed by atoms with Crippen LogP contribution in [0.2, 0.25) is 0 Å². The zero-order chi connectivity index (χ0) is 18.1. The van der Waals surface area contributed by atoms with E-state index in [0.717, 1.165) is 5.56 Å². The predicted octanol–water partition coefficient (Wildman–Crippen LogP) is 3.15. The van der Waals surface area contributed by atoms with Crippen LogP contribution >= 0.6 is 12.4 Å². The number of rotatable bonds is 8. The van der Waals surface area contributed by atoms with E-state index in [1.165, 1.54) is 7.11 Å². The minimum absolute atomic E-state index is 0. The molecule has 2 aromatic carbocycles. The highest BCUT2D eigenvalue weighted by molar-refractivity contribution is 6.04. The molecule has 0 heterocycles. The molecule has 0 fully saturated rings. The molecule has 140 valence electrons. The van der Waals surface area contributed by atoms with Gasteiger partial charge < -0.3 is 20.5 Å². The average molecular weight is 379 g/mol. The Morgan fingerprint density at radius 1 is 1.04 bits per heavy atom. The minimum atomic E-state index is -0.249. The largest absolute Gasteiger partial charge is 0.494 e. The fourth-order valence-corrected chi connectivity index (χ4v) is 2.14. The van der Waals surface area contributed by atoms with Crippen LogP contribution in [-0.4, -0.2) is 25.6 Å². The Labute approximate surface area is 159 Å². The highest BCUT2D eigenvalue weighted by atomic mass is 35.5. The summed E-state index contributed by atoms with van der Waals surface area (Å²) in [6.45, 7) is 0.872. The van der Waals surface area contributed by atoms with Crippen LogP contribution in [0.1, 0.15) is 28.8 Å². The summed E-state index contributed by atoms with van der Waals surface area (Å²) in [6.07, 6.45) is 0.914. The first kappa shape index (κ1) is 21.5. The Bertz CT molecular complexity index is 702. The molecule has 0 saturated heterocycles. The number of benzene rings is 2. The summed E-state index contributed by atoms with van der Waals surface area (Å²) in [5.41, 5.74) is 7.77. The first-order chi connectivity index (χ1) is 12.1. The molecular weight excluding hydrogens is 356 g/mol. The van der Waals surface area contributed by atoms with E-state index in [-0.39, 0.29) is 24.3 Å². The number of carbonyl (C=O) groups excluding carboxylic acids is 2. The van der Waals surface area contributed by atoms with Crippen molar-refractivity contribution < 1.29 is 19.1 Å². The van der Waals surface area contributed by atoms with Gasteiger partial charge in [-0.05, 0) is 48.4 Å². The lowest BCUT2D eigenvalue weighted by atomic mass is 10.1. The molecule has 0 bridgehead atoms. The molecule has 0 atom stereocenters. The van der Waals surface area contributed by atoms with Gasteiger partial charge in [0.25, 0.3) is 5.91 Å². The number of amides is 1. The molecule has 2 rings (SSSR count). The maximum Gasteiger partial charge on any atom is 0.305 e. The first-order valence-electron chi connectivity index (χ1n) is 8.02. The molecule has 7 heteroatoms. The van der Waals surface area contributed by atoms with Crippen LogP contribution in [-0.2, 0) is 16.1 Å². The van der Waals surface area contributed by atoms with Crippen LogP contribution in [0.4, 0.5) is 5.69 Å². The summed E-state index contributed by atoms with van der Waals surface area (Å²) in [6, 6.07) is 14.2. The number of ether oxygens (including phenoxy) is 2. The van der Waals surface area contributed by atoms with Gasteiger partial charge in [-0.3, -0.25) is 9.59 Å². The van der Waals surface area contributed by atoms with Crippen LogP contribution in [0.15, 0.2) is 48.5 Å². The molecule has 0 aliphatic heterocycles. The quantitative estimate of drug-likeness (QED) is 0.544. The molecule has 0 spiro atoms. The molecule has 6 nitrogen and oxygen atoms in total. The maximum atomic E-state index is 12.2. The van der Waals surface area contributed by atoms with Crippen LogP contribution in [0, 0.1) is 0 Å². The van der Waals surface area contributed by atoms with Gasteiger partial charge in [0, 0.05) is 24.2 Å². The molecule has 0 radical (unpaired) electrons. The number of esters is 1. The summed E-state index contributed by atoms with van der Waals surface area (Å²) >= 11 is 0. The molecule has 1 amide bonds. The molecule has 0 aliphatic rings. The van der Waals surface area contributed by atoms with Crippen molar-refractivity contribution in [3.8, 4) is 5.75 Å². The Kier molecular flexibility index (Phi) is 9.19. The smallest absolute Gasteiger partial charge is 0.305 e. The van der Waals surface area contributed by atoms with Crippen molar-refractivity contribution in [3.63, 3.8) is 0 Å². The van der Waals surface area contributed by atoms with Crippen molar-refractivity contribution in [2.45, 2.75) is 19.4 Å². The van der Waals surface area contributed by atoms with E-state index in [4.69, 9.17) is 10.5 Å². The Morgan fingerprint density at radius 3 is 2.27 bits per heavy atom. The van der Waals surface area contributed by atoms with E-state index >= 15 is 0 Å². The third kappa shape index (κ3) is 6.74. The monoisotopic (exact) mass is 378 g/mol. The van der Waals surface area contributed by atoms with E-state index < -0.39 is 0 Å². The number of nitrogens with one attached hydrogen (secondary N) is 1. The van der Waals surface area contributed by atoms with E-state index in [2.05, 4.69) is 10.1 Å². The molecular formula is C19H23ClN2O4. The zero-order valence-electron chi connectivity index (χ0n) is 14.6. The number of halogens is 1. The number of hydrogen-bond donors (Lipinski definition) is 2. The van der Waals surface area contributed by atoms with Crippen LogP contribution in [0.5, 0.6) is 5.75 Å². The van der Waals surface area contributed by atoms with Gasteiger partial charge in [-0.2, -0.15) is 0 Å². The third-order valence-electron chi connectivity index (χ3n) is 3.59. The topological polar surface area (TPSA) is 90.6 Å². The van der Waals surface area contributed by atoms with E-state index in [1.54, 1.807) is 36.4 Å². The second-order valence-corrected chi connectivity index (χ2v) is 5.41. The van der Waals surface area contributed by atoms with Crippen LogP contribution in [0.3, 0.4) is 0 Å². The highest BCUT2D eigenvalue weighted by Crippen LogP contribution is 2.17. The zero-order valence-corrected chi connectivity index (χ0v) is 15.4. The standard InChI is InChI=1S/C19H22N2O4.ClH/c1-24-18(22)3-2-12-25-17-10-8-16(9-11-17)21-19(23)15-6-4-14(13-20)5-7-15;/h4-11H,2-3,12-13,20H2,1H3,(H,21,23);1H. The lowest BCUT2D eigenvalue weighted by molar-refractivity contribution is -0.140. The number of nitrogens with two attached hydrogens (primary N) is 1. The van der Waals surface area contributed by atoms with Crippen LogP contribution in [0.25, 0.3) is 0 Å². The predicted molar refractivity (Wildman–Crippen MR) is 103 cm³/mol. The lowest BCUT2D eigenvalue weighted by Crippen LogP contribution is -2.12. The number of carbonyl (C=O) groups is 2. The molecule has 2 aromatic rings. The van der Waals surface area contributed by atoms with Gasteiger partial charge in [0.1, 0.15) is 5.75 Å². The maximum absolute atomic E-state index is 12.2. The minimum Gasteiger partial charge on any atom is -0.494 e. The summed E-state index contributed by atoms with van der Waals surface area (Å²) in [5.74, 6) is 0.242. The van der Waals surface area contributed by atoms with Crippen LogP contribution < -0.4 is 15.8 Å². The van der Waals surface area contributed by atoms with E-state index in [0.29, 0.717) is 43.0 Å². The van der Waals surface area contributed by atoms with Gasteiger partial charge in [-0.1, -0.05) is 12.1 Å². The number of hydrogen-bond acceptors (Lipinski definition) is 5. The fourth-order valence-electron chi connectivity index (χ4n) is 2.14. The molecule has 0 unspecified atom stereocenters. The molecule has 26 heavy (non-hydrogen) atoms. The second-order valence-electron chi connectivity index (χ2n) is 5.41. The van der Waals surface area contributed by atoms with Crippen molar-refractivity contribution in [1.82, 2.24) is 0 Å². The van der Waals surface area contributed by atoms with Crippen molar-refractivity contribution in [2.24, 2.45) is 5.73 Å². The van der Waals surface area contributed by atoms with E-state index in [1.807, 2.05) is 12.1 Å². The normalized spacial score (nSPS) is 9.77. The van der Waals surface area contributed by atoms with Crippen molar-refractivity contribution >= 4 is 30.0 Å². The van der Waals surface area contributed by atoms with Crippen molar-refractivity contribution in [2.75, 3.05) is 19.0 Å². The summed E-state index contributed by atoms with van der Waals surface area (Å²) in [7, 11) is 1.36. The highest BCUT2D eigenvalue weighted by Gasteiger charge is 2.06. The van der Waals surface area contributed by atoms with Gasteiger partial charge in [0.05, 0.1) is 13.7 Å². The molecule has 0 aromatic heterocycles. The Balaban J connectivity index is 0.00000338. The SMILES string of the molecule is COC(=O)CCCOc1ccc(NC(=O)c2ccc(CN)cc2)cc1.Cl. The molecule has 0 aliphatic carbocycles. The summed E-state index contributed by atoms with van der Waals surface area (Å²) in [4.78, 5) is 23.2. The molecule has 3 N–H and O–H groups in total. The van der Waals surface area contributed by atoms with Gasteiger partial charge in [0.2, 0.25) is 0 Å². The van der Waals surface area contributed by atoms with E-state index in [9.17, 15) is 9.59 Å². The van der Waals surface area contributed by atoms with Gasteiger partial charge >= 0.3 is 5.97 Å².